The predicted molar refractivity (Wildman–Crippen MR) is 85.6 cm³/mol. The minimum Gasteiger partial charge on any atom is -0.479 e. The molecule has 1 saturated heterocycles. The number of nitrogens with zero attached hydrogens (tertiary/aromatic N) is 1. The first-order chi connectivity index (χ1) is 11.2. The Morgan fingerprint density at radius 3 is 2.83 bits per heavy atom. The predicted octanol–water partition coefficient (Wildman–Crippen LogP) is 3.51. The van der Waals surface area contributed by atoms with Gasteiger partial charge in [0.05, 0.1) is 11.6 Å². The Morgan fingerprint density at radius 2 is 2.17 bits per heavy atom. The number of nitrogens with one attached hydrogen (secondary N) is 1. The maximum Gasteiger partial charge on any atom is 0.401 e. The lowest BCUT2D eigenvalue weighted by molar-refractivity contribution is -0.143. The largest absolute Gasteiger partial charge is 0.479 e. The van der Waals surface area contributed by atoms with E-state index in [-0.39, 0.29) is 23.4 Å². The monoisotopic (exact) mass is 384 g/mol. The van der Waals surface area contributed by atoms with Crippen LogP contribution in [0.1, 0.15) is 13.3 Å². The van der Waals surface area contributed by atoms with Gasteiger partial charge in [-0.1, -0.05) is 29.3 Å². The van der Waals surface area contributed by atoms with Gasteiger partial charge in [0, 0.05) is 19.1 Å². The molecule has 0 spiro atoms. The Hall–Kier alpha value is -1.18. The van der Waals surface area contributed by atoms with Crippen molar-refractivity contribution in [1.29, 1.82) is 0 Å². The summed E-state index contributed by atoms with van der Waals surface area (Å²) in [5.41, 5.74) is 0. The summed E-state index contributed by atoms with van der Waals surface area (Å²) in [5, 5.41) is 3.21. The van der Waals surface area contributed by atoms with Gasteiger partial charge in [-0.05, 0) is 25.5 Å². The normalized spacial score (nSPS) is 20.0. The minimum absolute atomic E-state index is 0.163. The molecule has 2 rings (SSSR count). The van der Waals surface area contributed by atoms with Crippen LogP contribution in [0.3, 0.4) is 0 Å². The number of carbonyl (C=O) groups is 1. The van der Waals surface area contributed by atoms with E-state index in [9.17, 15) is 18.0 Å². The molecular weight excluding hydrogens is 368 g/mol. The number of hydrogen-bond acceptors (Lipinski definition) is 3. The SMILES string of the molecule is C[C@H](Oc1cccc(Cl)c1Cl)C(=O)N[C@@H]1CCN(CC(F)(F)F)C1. The summed E-state index contributed by atoms with van der Waals surface area (Å²) >= 11 is 11.9. The van der Waals surface area contributed by atoms with Gasteiger partial charge in [0.15, 0.2) is 6.10 Å². The van der Waals surface area contributed by atoms with Crippen LogP contribution in [0.4, 0.5) is 13.2 Å². The van der Waals surface area contributed by atoms with Crippen LogP contribution in [0.15, 0.2) is 18.2 Å². The number of carbonyl (C=O) groups excluding carboxylic acids is 1. The van der Waals surface area contributed by atoms with Crippen LogP contribution < -0.4 is 10.1 Å². The van der Waals surface area contributed by atoms with Gasteiger partial charge in [-0.15, -0.1) is 0 Å². The molecule has 9 heteroatoms. The van der Waals surface area contributed by atoms with E-state index in [1.165, 1.54) is 11.8 Å². The fourth-order valence-corrected chi connectivity index (χ4v) is 2.82. The molecule has 1 aromatic carbocycles. The summed E-state index contributed by atoms with van der Waals surface area (Å²) < 4.78 is 42.6. The maximum absolute atomic E-state index is 12.4. The standard InChI is InChI=1S/C15H17Cl2F3N2O2/c1-9(24-12-4-2-3-11(16)13(12)17)14(23)21-10-5-6-22(7-10)8-15(18,19)20/h2-4,9-10H,5-8H2,1H3,(H,21,23)/t9-,10+/m0/s1. The lowest BCUT2D eigenvalue weighted by atomic mass is 10.2. The van der Waals surface area contributed by atoms with Gasteiger partial charge in [-0.25, -0.2) is 0 Å². The van der Waals surface area contributed by atoms with Crippen molar-refractivity contribution in [3.05, 3.63) is 28.2 Å². The highest BCUT2D eigenvalue weighted by molar-refractivity contribution is 6.42. The first-order valence-corrected chi connectivity index (χ1v) is 8.11. The summed E-state index contributed by atoms with van der Waals surface area (Å²) in [7, 11) is 0. The molecule has 24 heavy (non-hydrogen) atoms. The van der Waals surface area contributed by atoms with Gasteiger partial charge in [-0.2, -0.15) is 13.2 Å². The second-order valence-electron chi connectivity index (χ2n) is 5.66. The maximum atomic E-state index is 12.4. The van der Waals surface area contributed by atoms with Crippen molar-refractivity contribution in [2.24, 2.45) is 0 Å². The molecule has 0 radical (unpaired) electrons. The lowest BCUT2D eigenvalue weighted by Crippen LogP contribution is -2.44. The number of amides is 1. The molecule has 1 N–H and O–H groups in total. The molecule has 1 heterocycles. The van der Waals surface area contributed by atoms with Crippen molar-refractivity contribution >= 4 is 29.1 Å². The molecule has 1 fully saturated rings. The van der Waals surface area contributed by atoms with Gasteiger partial charge < -0.3 is 10.1 Å². The molecule has 0 aliphatic carbocycles. The van der Waals surface area contributed by atoms with Gasteiger partial charge in [0.25, 0.3) is 5.91 Å². The Morgan fingerprint density at radius 1 is 1.46 bits per heavy atom. The molecule has 1 aliphatic heterocycles. The number of halogens is 5. The first-order valence-electron chi connectivity index (χ1n) is 7.36. The Labute approximate surface area is 147 Å². The Balaban J connectivity index is 1.85. The summed E-state index contributed by atoms with van der Waals surface area (Å²) in [6.45, 7) is 1.02. The fourth-order valence-electron chi connectivity index (χ4n) is 2.49. The minimum atomic E-state index is -4.24. The highest BCUT2D eigenvalue weighted by atomic mass is 35.5. The number of ether oxygens (including phenoxy) is 1. The van der Waals surface area contributed by atoms with Crippen LogP contribution in [0, 0.1) is 0 Å². The van der Waals surface area contributed by atoms with Gasteiger partial charge in [-0.3, -0.25) is 9.69 Å². The molecule has 0 bridgehead atoms. The lowest BCUT2D eigenvalue weighted by Gasteiger charge is -2.20. The van der Waals surface area contributed by atoms with Crippen molar-refractivity contribution in [1.82, 2.24) is 10.2 Å². The summed E-state index contributed by atoms with van der Waals surface area (Å²) in [6, 6.07) is 4.48. The third-order valence-corrected chi connectivity index (χ3v) is 4.41. The molecule has 1 amide bonds. The smallest absolute Gasteiger partial charge is 0.401 e. The fraction of sp³-hybridized carbons (Fsp3) is 0.533. The molecule has 1 aliphatic rings. The van der Waals surface area contributed by atoms with Crippen molar-refractivity contribution in [3.8, 4) is 5.75 Å². The van der Waals surface area contributed by atoms with Crippen LogP contribution in [0.2, 0.25) is 10.0 Å². The second-order valence-corrected chi connectivity index (χ2v) is 6.44. The number of hydrogen-bond donors (Lipinski definition) is 1. The third kappa shape index (κ3) is 5.43. The molecule has 0 saturated carbocycles. The summed E-state index contributed by atoms with van der Waals surface area (Å²) in [5.74, 6) is -0.137. The number of alkyl halides is 3. The van der Waals surface area contributed by atoms with E-state index < -0.39 is 24.7 Å². The Kier molecular flexibility index (Phi) is 6.22. The highest BCUT2D eigenvalue weighted by Gasteiger charge is 2.35. The van der Waals surface area contributed by atoms with Crippen molar-refractivity contribution in [2.75, 3.05) is 19.6 Å². The average Bonchev–Trinajstić information content (AvgIpc) is 2.88. The zero-order valence-corrected chi connectivity index (χ0v) is 14.4. The number of rotatable bonds is 5. The van der Waals surface area contributed by atoms with E-state index in [0.29, 0.717) is 18.0 Å². The molecule has 4 nitrogen and oxygen atoms in total. The average molecular weight is 385 g/mol. The third-order valence-electron chi connectivity index (χ3n) is 3.61. The van der Waals surface area contributed by atoms with Crippen molar-refractivity contribution in [3.63, 3.8) is 0 Å². The quantitative estimate of drug-likeness (QED) is 0.844. The molecule has 134 valence electrons. The van der Waals surface area contributed by atoms with Crippen LogP contribution in [-0.2, 0) is 4.79 Å². The molecule has 0 unspecified atom stereocenters. The van der Waals surface area contributed by atoms with E-state index >= 15 is 0 Å². The van der Waals surface area contributed by atoms with E-state index in [4.69, 9.17) is 27.9 Å². The van der Waals surface area contributed by atoms with Crippen molar-refractivity contribution in [2.45, 2.75) is 31.7 Å². The van der Waals surface area contributed by atoms with E-state index in [0.717, 1.165) is 0 Å². The van der Waals surface area contributed by atoms with Crippen molar-refractivity contribution < 1.29 is 22.7 Å². The topological polar surface area (TPSA) is 41.6 Å². The first kappa shape index (κ1) is 19.1. The molecular formula is C15H17Cl2F3N2O2. The zero-order chi connectivity index (χ0) is 17.9. The van der Waals surface area contributed by atoms with Gasteiger partial charge in [0.1, 0.15) is 10.8 Å². The highest BCUT2D eigenvalue weighted by Crippen LogP contribution is 2.32. The van der Waals surface area contributed by atoms with E-state index in [2.05, 4.69) is 5.32 Å². The van der Waals surface area contributed by atoms with Crippen LogP contribution in [0.25, 0.3) is 0 Å². The molecule has 2 atom stereocenters. The second kappa shape index (κ2) is 7.80. The van der Waals surface area contributed by atoms with Gasteiger partial charge in [0.2, 0.25) is 0 Å². The number of benzene rings is 1. The molecule has 0 aromatic heterocycles. The van der Waals surface area contributed by atoms with E-state index in [1.54, 1.807) is 18.2 Å². The summed E-state index contributed by atoms with van der Waals surface area (Å²) in [4.78, 5) is 13.4. The van der Waals surface area contributed by atoms with Crippen LogP contribution in [-0.4, -0.2) is 48.8 Å². The number of likely N-dealkylation sites (tertiary alicyclic amines) is 1. The Bertz CT molecular complexity index is 599. The van der Waals surface area contributed by atoms with E-state index in [1.807, 2.05) is 0 Å². The molecule has 1 aromatic rings. The summed E-state index contributed by atoms with van der Waals surface area (Å²) in [6.07, 6.45) is -4.62. The zero-order valence-electron chi connectivity index (χ0n) is 12.9. The van der Waals surface area contributed by atoms with Crippen LogP contribution >= 0.6 is 23.2 Å². The van der Waals surface area contributed by atoms with Crippen LogP contribution in [0.5, 0.6) is 5.75 Å². The van der Waals surface area contributed by atoms with Gasteiger partial charge >= 0.3 is 6.18 Å².